The number of aliphatic carboxylic acids is 1. The summed E-state index contributed by atoms with van der Waals surface area (Å²) in [6.45, 7) is 2.09. The Hall–Kier alpha value is -2.67. The van der Waals surface area contributed by atoms with Gasteiger partial charge in [-0.3, -0.25) is 14.4 Å². The number of carbonyl (C=O) groups is 3. The van der Waals surface area contributed by atoms with Gasteiger partial charge in [-0.15, -0.1) is 11.3 Å². The molecule has 3 rings (SSSR count). The third kappa shape index (κ3) is 4.54. The van der Waals surface area contributed by atoms with E-state index in [0.29, 0.717) is 6.54 Å². The first-order valence-corrected chi connectivity index (χ1v) is 9.73. The highest BCUT2D eigenvalue weighted by Gasteiger charge is 2.31. The molecule has 0 saturated heterocycles. The maximum absolute atomic E-state index is 12.7. The van der Waals surface area contributed by atoms with Crippen molar-refractivity contribution in [1.29, 1.82) is 0 Å². The van der Waals surface area contributed by atoms with Crippen LogP contribution in [-0.2, 0) is 20.8 Å². The van der Waals surface area contributed by atoms with Crippen molar-refractivity contribution in [3.8, 4) is 0 Å². The van der Waals surface area contributed by atoms with E-state index in [4.69, 9.17) is 5.11 Å². The van der Waals surface area contributed by atoms with Crippen molar-refractivity contribution < 1.29 is 19.5 Å². The summed E-state index contributed by atoms with van der Waals surface area (Å²) < 4.78 is 0. The van der Waals surface area contributed by atoms with Gasteiger partial charge in [0.2, 0.25) is 11.8 Å². The Labute approximate surface area is 161 Å². The van der Waals surface area contributed by atoms with Crippen LogP contribution in [0.1, 0.15) is 47.9 Å². The quantitative estimate of drug-likeness (QED) is 0.799. The van der Waals surface area contributed by atoms with Crippen molar-refractivity contribution in [3.05, 3.63) is 57.8 Å². The highest BCUT2D eigenvalue weighted by atomic mass is 32.1. The minimum absolute atomic E-state index is 0.0670. The average Bonchev–Trinajstić information content (AvgIpc) is 3.15. The smallest absolute Gasteiger partial charge is 0.305 e. The summed E-state index contributed by atoms with van der Waals surface area (Å²) in [5, 5.41) is 13.9. The van der Waals surface area contributed by atoms with Crippen molar-refractivity contribution >= 4 is 29.1 Å². The van der Waals surface area contributed by atoms with Crippen LogP contribution in [0.15, 0.2) is 41.8 Å². The Morgan fingerprint density at radius 3 is 2.70 bits per heavy atom. The maximum Gasteiger partial charge on any atom is 0.305 e. The lowest BCUT2D eigenvalue weighted by molar-refractivity contribution is -0.137. The monoisotopic (exact) mass is 386 g/mol. The summed E-state index contributed by atoms with van der Waals surface area (Å²) in [5.41, 5.74) is 2.13. The van der Waals surface area contributed by atoms with Gasteiger partial charge in [0, 0.05) is 18.3 Å². The fourth-order valence-electron chi connectivity index (χ4n) is 3.56. The van der Waals surface area contributed by atoms with E-state index in [9.17, 15) is 14.4 Å². The highest BCUT2D eigenvalue weighted by molar-refractivity contribution is 7.10. The Morgan fingerprint density at radius 2 is 2.04 bits per heavy atom. The van der Waals surface area contributed by atoms with E-state index in [1.165, 1.54) is 18.3 Å². The molecular weight excluding hydrogens is 364 g/mol. The fraction of sp³-hybridized carbons (Fsp3) is 0.350. The van der Waals surface area contributed by atoms with E-state index >= 15 is 0 Å². The number of amides is 2. The lowest BCUT2D eigenvalue weighted by atomic mass is 9.90. The first-order valence-electron chi connectivity index (χ1n) is 8.85. The van der Waals surface area contributed by atoms with Crippen LogP contribution >= 0.6 is 11.3 Å². The van der Waals surface area contributed by atoms with Gasteiger partial charge in [0.15, 0.2) is 0 Å². The molecular formula is C20H22N2O4S. The molecule has 0 spiro atoms. The minimum atomic E-state index is -0.970. The van der Waals surface area contributed by atoms with Crippen LogP contribution in [0, 0.1) is 0 Å². The van der Waals surface area contributed by atoms with Crippen molar-refractivity contribution in [2.24, 2.45) is 0 Å². The predicted octanol–water partition coefficient (Wildman–Crippen LogP) is 2.92. The van der Waals surface area contributed by atoms with Gasteiger partial charge in [-0.2, -0.15) is 0 Å². The zero-order chi connectivity index (χ0) is 19.4. The minimum Gasteiger partial charge on any atom is -0.481 e. The van der Waals surface area contributed by atoms with Crippen LogP contribution < -0.4 is 5.32 Å². The molecule has 2 amide bonds. The number of thiophene rings is 1. The van der Waals surface area contributed by atoms with Gasteiger partial charge in [-0.05, 0) is 29.0 Å². The molecule has 0 radical (unpaired) electrons. The van der Waals surface area contributed by atoms with Crippen LogP contribution in [-0.4, -0.2) is 34.3 Å². The number of hydrogen-bond donors (Lipinski definition) is 2. The molecule has 0 unspecified atom stereocenters. The maximum atomic E-state index is 12.7. The lowest BCUT2D eigenvalue weighted by Crippen LogP contribution is -2.41. The number of carboxylic acid groups (broad SMARTS) is 1. The summed E-state index contributed by atoms with van der Waals surface area (Å²) in [6.07, 6.45) is 0.701. The third-order valence-corrected chi connectivity index (χ3v) is 5.78. The van der Waals surface area contributed by atoms with Gasteiger partial charge in [0.05, 0.1) is 24.9 Å². The van der Waals surface area contributed by atoms with Crippen LogP contribution in [0.3, 0.4) is 0 Å². The standard InChI is InChI=1S/C20H22N2O4S/c1-13(23)22-9-8-14-5-2-3-6-15(14)17(22)12-19(24)21-16(11-20(25)26)18-7-4-10-27-18/h2-7,10,16-17H,8-9,11-12H2,1H3,(H,21,24)(H,25,26)/t16-,17+/m1/s1. The van der Waals surface area contributed by atoms with Gasteiger partial charge >= 0.3 is 5.97 Å². The van der Waals surface area contributed by atoms with Gasteiger partial charge in [-0.1, -0.05) is 30.3 Å². The molecule has 0 saturated carbocycles. The van der Waals surface area contributed by atoms with Crippen LogP contribution in [0.25, 0.3) is 0 Å². The number of benzene rings is 1. The molecule has 2 aromatic rings. The topological polar surface area (TPSA) is 86.7 Å². The normalized spacial score (nSPS) is 17.1. The SMILES string of the molecule is CC(=O)N1CCc2ccccc2[C@@H]1CC(=O)N[C@H](CC(=O)O)c1cccs1. The summed E-state index contributed by atoms with van der Waals surface area (Å²) in [7, 11) is 0. The second-order valence-corrected chi connectivity index (χ2v) is 7.59. The van der Waals surface area contributed by atoms with Crippen molar-refractivity contribution in [1.82, 2.24) is 10.2 Å². The van der Waals surface area contributed by atoms with Crippen molar-refractivity contribution in [3.63, 3.8) is 0 Å². The number of nitrogens with zero attached hydrogens (tertiary/aromatic N) is 1. The molecule has 27 heavy (non-hydrogen) atoms. The molecule has 2 heterocycles. The zero-order valence-electron chi connectivity index (χ0n) is 15.1. The van der Waals surface area contributed by atoms with Crippen molar-refractivity contribution in [2.75, 3.05) is 6.54 Å². The molecule has 2 N–H and O–H groups in total. The Balaban J connectivity index is 1.78. The molecule has 2 atom stereocenters. The summed E-state index contributed by atoms with van der Waals surface area (Å²) in [6, 6.07) is 10.6. The predicted molar refractivity (Wildman–Crippen MR) is 102 cm³/mol. The number of carbonyl (C=O) groups excluding carboxylic acids is 2. The van der Waals surface area contributed by atoms with Gasteiger partial charge < -0.3 is 15.3 Å². The van der Waals surface area contributed by atoms with Gasteiger partial charge in [-0.25, -0.2) is 0 Å². The first kappa shape index (κ1) is 19.1. The number of nitrogens with one attached hydrogen (secondary N) is 1. The van der Waals surface area contributed by atoms with E-state index in [1.54, 1.807) is 4.90 Å². The molecule has 6 nitrogen and oxygen atoms in total. The van der Waals surface area contributed by atoms with Gasteiger partial charge in [0.25, 0.3) is 0 Å². The Morgan fingerprint density at radius 1 is 1.26 bits per heavy atom. The molecule has 7 heteroatoms. The first-order chi connectivity index (χ1) is 13.0. The molecule has 1 aromatic carbocycles. The number of carboxylic acids is 1. The van der Waals surface area contributed by atoms with Gasteiger partial charge in [0.1, 0.15) is 0 Å². The zero-order valence-corrected chi connectivity index (χ0v) is 15.9. The summed E-state index contributed by atoms with van der Waals surface area (Å²) in [5.74, 6) is -1.30. The number of fused-ring (bicyclic) bond motifs is 1. The fourth-order valence-corrected chi connectivity index (χ4v) is 4.34. The van der Waals surface area contributed by atoms with Crippen LogP contribution in [0.5, 0.6) is 0 Å². The second-order valence-electron chi connectivity index (χ2n) is 6.61. The number of hydrogen-bond acceptors (Lipinski definition) is 4. The van der Waals surface area contributed by atoms with E-state index < -0.39 is 12.0 Å². The summed E-state index contributed by atoms with van der Waals surface area (Å²) in [4.78, 5) is 38.5. The molecule has 1 aliphatic heterocycles. The number of rotatable bonds is 6. The largest absolute Gasteiger partial charge is 0.481 e. The van der Waals surface area contributed by atoms with Crippen molar-refractivity contribution in [2.45, 2.75) is 38.3 Å². The van der Waals surface area contributed by atoms with E-state index in [-0.39, 0.29) is 30.7 Å². The molecule has 1 aliphatic rings. The highest BCUT2D eigenvalue weighted by Crippen LogP contribution is 2.32. The second kappa shape index (κ2) is 8.35. The average molecular weight is 386 g/mol. The van der Waals surface area contributed by atoms with E-state index in [1.807, 2.05) is 41.8 Å². The Kier molecular flexibility index (Phi) is 5.91. The Bertz CT molecular complexity index is 834. The lowest BCUT2D eigenvalue weighted by Gasteiger charge is -2.36. The molecule has 0 bridgehead atoms. The van der Waals surface area contributed by atoms with E-state index in [0.717, 1.165) is 22.4 Å². The van der Waals surface area contributed by atoms with Crippen LogP contribution in [0.4, 0.5) is 0 Å². The van der Waals surface area contributed by atoms with E-state index in [2.05, 4.69) is 5.32 Å². The molecule has 0 fully saturated rings. The molecule has 1 aromatic heterocycles. The third-order valence-electron chi connectivity index (χ3n) is 4.80. The molecule has 0 aliphatic carbocycles. The summed E-state index contributed by atoms with van der Waals surface area (Å²) >= 11 is 1.41. The molecule has 142 valence electrons. The van der Waals surface area contributed by atoms with Crippen LogP contribution in [0.2, 0.25) is 0 Å².